The molecule has 3 aliphatic rings. The van der Waals surface area contributed by atoms with E-state index in [-0.39, 0.29) is 0 Å². The number of nitrogens with one attached hydrogen (secondary N) is 1. The summed E-state index contributed by atoms with van der Waals surface area (Å²) in [6.45, 7) is 1.08. The minimum atomic E-state index is 0.341. The second kappa shape index (κ2) is 2.73. The van der Waals surface area contributed by atoms with Crippen molar-refractivity contribution in [1.29, 1.82) is 0 Å². The first-order valence-electron chi connectivity index (χ1n) is 4.52. The van der Waals surface area contributed by atoms with Gasteiger partial charge in [0.25, 0.3) is 0 Å². The lowest BCUT2D eigenvalue weighted by molar-refractivity contribution is 0.289. The summed E-state index contributed by atoms with van der Waals surface area (Å²) < 4.78 is 0. The Hall–Kier alpha value is -0.120. The first kappa shape index (κ1) is 7.53. The summed E-state index contributed by atoms with van der Waals surface area (Å²) >= 11 is 0. The Morgan fingerprint density at radius 3 is 2.64 bits per heavy atom. The molecule has 3 heteroatoms. The fourth-order valence-electron chi connectivity index (χ4n) is 2.27. The molecule has 4 unspecified atom stereocenters. The zero-order valence-corrected chi connectivity index (χ0v) is 6.79. The molecule has 3 fully saturated rings. The Kier molecular flexibility index (Phi) is 1.87. The zero-order valence-electron chi connectivity index (χ0n) is 6.79. The molecular formula is C8H17N3. The lowest BCUT2D eigenvalue weighted by Gasteiger charge is -2.32. The quantitative estimate of drug-likeness (QED) is 0.438. The topological polar surface area (TPSA) is 64.1 Å². The van der Waals surface area contributed by atoms with E-state index < -0.39 is 0 Å². The van der Waals surface area contributed by atoms with Crippen LogP contribution in [0.25, 0.3) is 0 Å². The van der Waals surface area contributed by atoms with E-state index >= 15 is 0 Å². The van der Waals surface area contributed by atoms with Gasteiger partial charge in [0.05, 0.1) is 0 Å². The Bertz CT molecular complexity index is 148. The molecule has 0 radical (unpaired) electrons. The SMILES string of the molecule is NC1CC2NCC1CCC2N. The van der Waals surface area contributed by atoms with Gasteiger partial charge in [-0.15, -0.1) is 0 Å². The van der Waals surface area contributed by atoms with E-state index in [9.17, 15) is 0 Å². The van der Waals surface area contributed by atoms with E-state index in [4.69, 9.17) is 11.5 Å². The molecule has 2 saturated heterocycles. The Morgan fingerprint density at radius 2 is 1.91 bits per heavy atom. The molecule has 0 amide bonds. The van der Waals surface area contributed by atoms with Crippen molar-refractivity contribution in [2.24, 2.45) is 17.4 Å². The predicted octanol–water partition coefficient (Wildman–Crippen LogP) is -0.587. The van der Waals surface area contributed by atoms with Crippen molar-refractivity contribution in [1.82, 2.24) is 5.32 Å². The summed E-state index contributed by atoms with van der Waals surface area (Å²) in [6.07, 6.45) is 3.44. The van der Waals surface area contributed by atoms with Crippen LogP contribution in [-0.2, 0) is 0 Å². The van der Waals surface area contributed by atoms with Gasteiger partial charge >= 0.3 is 0 Å². The molecule has 0 aromatic carbocycles. The number of rotatable bonds is 0. The predicted molar refractivity (Wildman–Crippen MR) is 45.1 cm³/mol. The summed E-state index contributed by atoms with van der Waals surface area (Å²) in [6, 6.07) is 1.23. The Labute approximate surface area is 67.5 Å². The molecule has 5 N–H and O–H groups in total. The molecular weight excluding hydrogens is 138 g/mol. The minimum absolute atomic E-state index is 0.341. The Balaban J connectivity index is 2.11. The lowest BCUT2D eigenvalue weighted by Crippen LogP contribution is -2.53. The number of fused-ring (bicyclic) bond motifs is 4. The van der Waals surface area contributed by atoms with Gasteiger partial charge < -0.3 is 16.8 Å². The van der Waals surface area contributed by atoms with Crippen molar-refractivity contribution in [3.05, 3.63) is 0 Å². The zero-order chi connectivity index (χ0) is 7.84. The summed E-state index contributed by atoms with van der Waals surface area (Å²) in [7, 11) is 0. The summed E-state index contributed by atoms with van der Waals surface area (Å²) in [5, 5.41) is 3.46. The van der Waals surface area contributed by atoms with E-state index in [0.29, 0.717) is 24.0 Å². The van der Waals surface area contributed by atoms with Crippen LogP contribution in [0.3, 0.4) is 0 Å². The van der Waals surface area contributed by atoms with Gasteiger partial charge in [0.15, 0.2) is 0 Å². The van der Waals surface area contributed by atoms with Gasteiger partial charge in [-0.1, -0.05) is 0 Å². The maximum absolute atomic E-state index is 5.99. The third-order valence-corrected chi connectivity index (χ3v) is 3.16. The minimum Gasteiger partial charge on any atom is -0.327 e. The van der Waals surface area contributed by atoms with Crippen LogP contribution >= 0.6 is 0 Å². The first-order chi connectivity index (χ1) is 5.27. The molecule has 3 nitrogen and oxygen atoms in total. The fourth-order valence-corrected chi connectivity index (χ4v) is 2.27. The summed E-state index contributed by atoms with van der Waals surface area (Å²) in [5.41, 5.74) is 11.9. The van der Waals surface area contributed by atoms with Crippen LogP contribution in [0.1, 0.15) is 19.3 Å². The van der Waals surface area contributed by atoms with Crippen molar-refractivity contribution < 1.29 is 0 Å². The smallest absolute Gasteiger partial charge is 0.0234 e. The van der Waals surface area contributed by atoms with Crippen LogP contribution in [0.15, 0.2) is 0 Å². The highest BCUT2D eigenvalue weighted by molar-refractivity contribution is 4.96. The van der Waals surface area contributed by atoms with Crippen molar-refractivity contribution in [3.63, 3.8) is 0 Å². The van der Waals surface area contributed by atoms with Crippen LogP contribution in [0, 0.1) is 5.92 Å². The highest BCUT2D eigenvalue weighted by Crippen LogP contribution is 2.25. The van der Waals surface area contributed by atoms with E-state index in [2.05, 4.69) is 5.32 Å². The normalized spacial score (nSPS) is 50.7. The highest BCUT2D eigenvalue weighted by atomic mass is 15.0. The number of piperidine rings is 1. The molecule has 11 heavy (non-hydrogen) atoms. The van der Waals surface area contributed by atoms with Gasteiger partial charge in [-0.25, -0.2) is 0 Å². The van der Waals surface area contributed by atoms with E-state index in [1.807, 2.05) is 0 Å². The van der Waals surface area contributed by atoms with Gasteiger partial charge in [0.1, 0.15) is 0 Å². The second-order valence-corrected chi connectivity index (χ2v) is 3.92. The molecule has 0 aromatic heterocycles. The number of hydrogen-bond donors (Lipinski definition) is 3. The van der Waals surface area contributed by atoms with Gasteiger partial charge in [-0.05, 0) is 31.7 Å². The van der Waals surface area contributed by atoms with Crippen LogP contribution in [0.2, 0.25) is 0 Å². The molecule has 4 atom stereocenters. The van der Waals surface area contributed by atoms with Crippen LogP contribution in [0.5, 0.6) is 0 Å². The molecule has 1 aliphatic carbocycles. The van der Waals surface area contributed by atoms with E-state index in [1.165, 1.54) is 6.42 Å². The highest BCUT2D eigenvalue weighted by Gasteiger charge is 2.34. The van der Waals surface area contributed by atoms with E-state index in [1.54, 1.807) is 0 Å². The first-order valence-corrected chi connectivity index (χ1v) is 4.52. The third-order valence-electron chi connectivity index (χ3n) is 3.16. The molecule has 3 rings (SSSR count). The average Bonchev–Trinajstić information content (AvgIpc) is 2.22. The van der Waals surface area contributed by atoms with Gasteiger partial charge in [-0.2, -0.15) is 0 Å². The van der Waals surface area contributed by atoms with Crippen LogP contribution in [-0.4, -0.2) is 24.7 Å². The molecule has 2 heterocycles. The van der Waals surface area contributed by atoms with Gasteiger partial charge in [0, 0.05) is 18.1 Å². The molecule has 2 bridgehead atoms. The van der Waals surface area contributed by atoms with E-state index in [0.717, 1.165) is 19.4 Å². The number of hydrogen-bond acceptors (Lipinski definition) is 3. The van der Waals surface area contributed by atoms with Crippen LogP contribution < -0.4 is 16.8 Å². The average molecular weight is 155 g/mol. The Morgan fingerprint density at radius 1 is 1.09 bits per heavy atom. The molecule has 2 aliphatic heterocycles. The number of nitrogens with two attached hydrogens (primary N) is 2. The van der Waals surface area contributed by atoms with Gasteiger partial charge in [-0.3, -0.25) is 0 Å². The van der Waals surface area contributed by atoms with Crippen LogP contribution in [0.4, 0.5) is 0 Å². The second-order valence-electron chi connectivity index (χ2n) is 3.92. The third kappa shape index (κ3) is 1.28. The van der Waals surface area contributed by atoms with Crippen molar-refractivity contribution in [2.75, 3.05) is 6.54 Å². The lowest BCUT2D eigenvalue weighted by atomic mass is 9.91. The van der Waals surface area contributed by atoms with Crippen molar-refractivity contribution in [3.8, 4) is 0 Å². The van der Waals surface area contributed by atoms with Crippen molar-refractivity contribution >= 4 is 0 Å². The largest absolute Gasteiger partial charge is 0.327 e. The van der Waals surface area contributed by atoms with Crippen molar-refractivity contribution in [2.45, 2.75) is 37.4 Å². The summed E-state index contributed by atoms with van der Waals surface area (Å²) in [5.74, 6) is 0.680. The molecule has 0 spiro atoms. The molecule has 1 saturated carbocycles. The monoisotopic (exact) mass is 155 g/mol. The van der Waals surface area contributed by atoms with Gasteiger partial charge in [0.2, 0.25) is 0 Å². The summed E-state index contributed by atoms with van der Waals surface area (Å²) in [4.78, 5) is 0. The fraction of sp³-hybridized carbons (Fsp3) is 1.00. The molecule has 0 aromatic rings. The maximum atomic E-state index is 5.99. The molecule has 64 valence electrons. The maximum Gasteiger partial charge on any atom is 0.0234 e. The standard InChI is InChI=1S/C8H17N3/c9-6-2-1-5-4-11-8(6)3-7(5)10/h5-8,11H,1-4,9-10H2.